The van der Waals surface area contributed by atoms with Gasteiger partial charge in [0.05, 0.1) is 33.4 Å². The lowest BCUT2D eigenvalue weighted by Crippen LogP contribution is -2.48. The molecule has 0 bridgehead atoms. The summed E-state index contributed by atoms with van der Waals surface area (Å²) in [5.74, 6) is 2.63. The van der Waals surface area contributed by atoms with E-state index in [0.717, 1.165) is 47.0 Å². The average molecular weight is 429 g/mol. The fraction of sp³-hybridized carbons (Fsp3) is 0.318. The third kappa shape index (κ3) is 3.39. The molecular formula is C22H21ClN2O3S. The van der Waals surface area contributed by atoms with Gasteiger partial charge in [-0.1, -0.05) is 11.6 Å². The molecule has 1 atom stereocenters. The maximum Gasteiger partial charge on any atom is 0.143 e. The van der Waals surface area contributed by atoms with Crippen LogP contribution in [0.3, 0.4) is 0 Å². The van der Waals surface area contributed by atoms with Crippen LogP contribution in [0.15, 0.2) is 47.4 Å². The second-order valence-electron chi connectivity index (χ2n) is 7.72. The number of aliphatic hydroxyl groups is 1. The molecule has 29 heavy (non-hydrogen) atoms. The van der Waals surface area contributed by atoms with Crippen LogP contribution >= 0.6 is 11.6 Å². The van der Waals surface area contributed by atoms with Crippen LogP contribution in [0, 0.1) is 0 Å². The Morgan fingerprint density at radius 1 is 1.17 bits per heavy atom. The van der Waals surface area contributed by atoms with Crippen LogP contribution in [-0.4, -0.2) is 32.2 Å². The zero-order valence-electron chi connectivity index (χ0n) is 15.8. The Hall–Kier alpha value is -2.15. The van der Waals surface area contributed by atoms with Gasteiger partial charge in [-0.15, -0.1) is 0 Å². The van der Waals surface area contributed by atoms with Gasteiger partial charge in [-0.25, -0.2) is 4.98 Å². The molecule has 1 aliphatic carbocycles. The number of rotatable bonds is 5. The molecule has 1 aromatic heterocycles. The fourth-order valence-electron chi connectivity index (χ4n) is 4.05. The second kappa shape index (κ2) is 7.27. The number of hydrogen-bond donors (Lipinski definition) is 2. The van der Waals surface area contributed by atoms with Crippen LogP contribution < -0.4 is 10.1 Å². The van der Waals surface area contributed by atoms with Crippen molar-refractivity contribution in [2.24, 2.45) is 0 Å². The van der Waals surface area contributed by atoms with Gasteiger partial charge in [-0.2, -0.15) is 0 Å². The molecule has 150 valence electrons. The molecule has 5 rings (SSSR count). The van der Waals surface area contributed by atoms with Crippen molar-refractivity contribution in [1.82, 2.24) is 4.98 Å². The number of aromatic nitrogens is 1. The van der Waals surface area contributed by atoms with E-state index in [4.69, 9.17) is 21.3 Å². The zero-order chi connectivity index (χ0) is 20.0. The van der Waals surface area contributed by atoms with Crippen molar-refractivity contribution in [2.75, 3.05) is 17.7 Å². The number of ether oxygens (including phenoxy) is 1. The van der Waals surface area contributed by atoms with Gasteiger partial charge in [0.1, 0.15) is 17.3 Å². The molecule has 0 amide bonds. The van der Waals surface area contributed by atoms with E-state index in [1.165, 1.54) is 0 Å². The minimum absolute atomic E-state index is 0.0494. The monoisotopic (exact) mass is 428 g/mol. The Morgan fingerprint density at radius 2 is 1.93 bits per heavy atom. The Labute approximate surface area is 176 Å². The number of aryl methyl sites for hydroxylation is 1. The van der Waals surface area contributed by atoms with E-state index < -0.39 is 10.8 Å². The van der Waals surface area contributed by atoms with Gasteiger partial charge >= 0.3 is 0 Å². The van der Waals surface area contributed by atoms with Crippen LogP contribution in [-0.2, 0) is 17.2 Å². The quantitative estimate of drug-likeness (QED) is 0.617. The predicted molar refractivity (Wildman–Crippen MR) is 116 cm³/mol. The van der Waals surface area contributed by atoms with Gasteiger partial charge < -0.3 is 15.2 Å². The van der Waals surface area contributed by atoms with Crippen molar-refractivity contribution in [2.45, 2.75) is 36.1 Å². The van der Waals surface area contributed by atoms with Crippen molar-refractivity contribution in [1.29, 1.82) is 0 Å². The molecule has 0 unspecified atom stereocenters. The number of fused-ring (bicyclic) bond motifs is 3. The third-order valence-corrected chi connectivity index (χ3v) is 7.55. The van der Waals surface area contributed by atoms with Crippen LogP contribution in [0.2, 0.25) is 5.02 Å². The van der Waals surface area contributed by atoms with Gasteiger partial charge in [0.15, 0.2) is 0 Å². The topological polar surface area (TPSA) is 71.5 Å². The molecular weight excluding hydrogens is 408 g/mol. The van der Waals surface area contributed by atoms with Crippen LogP contribution in [0.4, 0.5) is 5.82 Å². The van der Waals surface area contributed by atoms with Crippen LogP contribution in [0.5, 0.6) is 11.5 Å². The lowest BCUT2D eigenvalue weighted by Gasteiger charge is -2.41. The summed E-state index contributed by atoms with van der Waals surface area (Å²) < 4.78 is 18.6. The molecule has 1 fully saturated rings. The molecule has 0 spiro atoms. The molecule has 3 aromatic rings. The van der Waals surface area contributed by atoms with E-state index in [9.17, 15) is 9.32 Å². The molecule has 5 nitrogen and oxygen atoms in total. The Morgan fingerprint density at radius 3 is 2.62 bits per heavy atom. The van der Waals surface area contributed by atoms with Gasteiger partial charge in [-0.3, -0.25) is 4.21 Å². The molecule has 0 saturated heterocycles. The molecule has 2 aliphatic rings. The van der Waals surface area contributed by atoms with Crippen molar-refractivity contribution in [3.05, 3.63) is 53.1 Å². The van der Waals surface area contributed by atoms with Gasteiger partial charge in [-0.05, 0) is 67.6 Å². The van der Waals surface area contributed by atoms with Gasteiger partial charge in [0.2, 0.25) is 0 Å². The summed E-state index contributed by atoms with van der Waals surface area (Å²) in [7, 11) is -1.07. The number of benzene rings is 2. The first-order chi connectivity index (χ1) is 14.1. The van der Waals surface area contributed by atoms with Crippen molar-refractivity contribution >= 4 is 39.1 Å². The number of halogens is 1. The number of pyridine rings is 1. The van der Waals surface area contributed by atoms with Crippen molar-refractivity contribution < 1.29 is 14.1 Å². The SMILES string of the molecule is O=[S@]1CCc2c1c(NC1(CO)CCC1)nc1cc(Oc3ccc(Cl)cc3)ccc21. The number of nitrogens with zero attached hydrogens (tertiary/aromatic N) is 1. The first-order valence-corrected chi connectivity index (χ1v) is 11.4. The molecule has 1 aliphatic heterocycles. The maximum absolute atomic E-state index is 12.7. The maximum atomic E-state index is 12.7. The number of anilines is 1. The summed E-state index contributed by atoms with van der Waals surface area (Å²) in [5.41, 5.74) is 1.53. The minimum Gasteiger partial charge on any atom is -0.457 e. The molecule has 1 saturated carbocycles. The van der Waals surface area contributed by atoms with E-state index in [1.54, 1.807) is 12.1 Å². The first kappa shape index (κ1) is 18.9. The van der Waals surface area contributed by atoms with E-state index in [1.807, 2.05) is 30.3 Å². The standard InChI is InChI=1S/C22H21ClN2O3S/c23-14-2-4-15(5-3-14)28-16-6-7-17-18-8-11-29(27)20(18)21(24-19(17)12-16)25-22(13-26)9-1-10-22/h2-7,12,26H,1,8-11,13H2,(H,24,25)/t29-/m0/s1. The highest BCUT2D eigenvalue weighted by atomic mass is 35.5. The molecule has 2 N–H and O–H groups in total. The highest BCUT2D eigenvalue weighted by Crippen LogP contribution is 2.40. The summed E-state index contributed by atoms with van der Waals surface area (Å²) in [6, 6.07) is 13.0. The van der Waals surface area contributed by atoms with E-state index in [-0.39, 0.29) is 12.1 Å². The Bertz CT molecular complexity index is 1110. The second-order valence-corrected chi connectivity index (χ2v) is 9.66. The number of hydrogen-bond acceptors (Lipinski definition) is 5. The smallest absolute Gasteiger partial charge is 0.143 e. The lowest BCUT2D eigenvalue weighted by molar-refractivity contribution is 0.143. The normalized spacial score (nSPS) is 19.6. The van der Waals surface area contributed by atoms with Crippen molar-refractivity contribution in [3.8, 4) is 11.5 Å². The molecule has 2 heterocycles. The largest absolute Gasteiger partial charge is 0.457 e. The average Bonchev–Trinajstić information content (AvgIpc) is 3.08. The van der Waals surface area contributed by atoms with E-state index in [0.29, 0.717) is 28.1 Å². The first-order valence-electron chi connectivity index (χ1n) is 9.74. The zero-order valence-corrected chi connectivity index (χ0v) is 17.4. The number of aliphatic hydroxyl groups excluding tert-OH is 1. The summed E-state index contributed by atoms with van der Waals surface area (Å²) >= 11 is 5.94. The van der Waals surface area contributed by atoms with Crippen molar-refractivity contribution in [3.63, 3.8) is 0 Å². The van der Waals surface area contributed by atoms with Crippen LogP contribution in [0.1, 0.15) is 24.8 Å². The minimum atomic E-state index is -1.07. The van der Waals surface area contributed by atoms with Gasteiger partial charge in [0, 0.05) is 22.2 Å². The summed E-state index contributed by atoms with van der Waals surface area (Å²) in [5, 5.41) is 15.0. The van der Waals surface area contributed by atoms with E-state index >= 15 is 0 Å². The Balaban J connectivity index is 1.56. The predicted octanol–water partition coefficient (Wildman–Crippen LogP) is 4.67. The lowest BCUT2D eigenvalue weighted by atomic mass is 9.77. The fourth-order valence-corrected chi connectivity index (χ4v) is 5.57. The third-order valence-electron chi connectivity index (χ3n) is 5.83. The molecule has 7 heteroatoms. The van der Waals surface area contributed by atoms with E-state index in [2.05, 4.69) is 5.32 Å². The summed E-state index contributed by atoms with van der Waals surface area (Å²) in [6.45, 7) is 0.0494. The van der Waals surface area contributed by atoms with Crippen LogP contribution in [0.25, 0.3) is 10.9 Å². The summed E-state index contributed by atoms with van der Waals surface area (Å²) in [6.07, 6.45) is 3.62. The highest BCUT2D eigenvalue weighted by Gasteiger charge is 2.38. The Kier molecular flexibility index (Phi) is 4.73. The highest BCUT2D eigenvalue weighted by molar-refractivity contribution is 7.85. The molecule has 0 radical (unpaired) electrons. The van der Waals surface area contributed by atoms with Gasteiger partial charge in [0.25, 0.3) is 0 Å². The number of nitrogens with one attached hydrogen (secondary N) is 1. The molecule has 2 aromatic carbocycles. The summed E-state index contributed by atoms with van der Waals surface area (Å²) in [4.78, 5) is 5.61.